The maximum Gasteiger partial charge on any atom is 0.322 e. The average Bonchev–Trinajstić information content (AvgIpc) is 2.80. The van der Waals surface area contributed by atoms with Crippen LogP contribution in [0.15, 0.2) is 35.2 Å². The van der Waals surface area contributed by atoms with Crippen molar-refractivity contribution in [3.8, 4) is 0 Å². The van der Waals surface area contributed by atoms with Gasteiger partial charge in [0, 0.05) is 23.6 Å². The van der Waals surface area contributed by atoms with Crippen molar-refractivity contribution in [3.63, 3.8) is 0 Å². The minimum atomic E-state index is -0.595. The van der Waals surface area contributed by atoms with Crippen LogP contribution in [-0.2, 0) is 9.59 Å². The highest BCUT2D eigenvalue weighted by Crippen LogP contribution is 2.15. The first kappa shape index (κ1) is 15.4. The van der Waals surface area contributed by atoms with Crippen molar-refractivity contribution >= 4 is 29.6 Å². The maximum absolute atomic E-state index is 11.6. The van der Waals surface area contributed by atoms with Gasteiger partial charge in [0.2, 0.25) is 5.91 Å². The highest BCUT2D eigenvalue weighted by molar-refractivity contribution is 7.99. The highest BCUT2D eigenvalue weighted by atomic mass is 32.2. The lowest BCUT2D eigenvalue weighted by Gasteiger charge is -2.08. The number of hydrogen-bond acceptors (Lipinski definition) is 4. The monoisotopic (exact) mass is 307 g/mol. The number of benzene rings is 1. The molecule has 1 aromatic rings. The third kappa shape index (κ3) is 5.11. The smallest absolute Gasteiger partial charge is 0.322 e. The summed E-state index contributed by atoms with van der Waals surface area (Å²) < 4.78 is 0. The summed E-state index contributed by atoms with van der Waals surface area (Å²) in [5.74, 6) is 0.307. The second-order valence-electron chi connectivity index (χ2n) is 4.57. The first-order valence-electron chi connectivity index (χ1n) is 6.71. The molecular formula is C14H17N3O3S. The number of carbonyl (C=O) groups excluding carboxylic acids is 3. The first-order chi connectivity index (χ1) is 10.1. The average molecular weight is 307 g/mol. The summed E-state index contributed by atoms with van der Waals surface area (Å²) >= 11 is 1.67. The van der Waals surface area contributed by atoms with Crippen LogP contribution in [0.4, 0.5) is 4.79 Å². The normalized spacial score (nSPS) is 17.2. The van der Waals surface area contributed by atoms with Crippen LogP contribution >= 0.6 is 11.8 Å². The molecule has 0 aliphatic carbocycles. The van der Waals surface area contributed by atoms with Crippen LogP contribution in [0, 0.1) is 0 Å². The number of nitrogens with one attached hydrogen (secondary N) is 3. The van der Waals surface area contributed by atoms with E-state index in [9.17, 15) is 14.4 Å². The molecular weight excluding hydrogens is 290 g/mol. The molecule has 0 saturated carbocycles. The topological polar surface area (TPSA) is 87.3 Å². The number of thioether (sulfide) groups is 1. The Balaban J connectivity index is 1.58. The van der Waals surface area contributed by atoms with Crippen molar-refractivity contribution in [2.75, 3.05) is 12.3 Å². The fourth-order valence-corrected chi connectivity index (χ4v) is 2.69. The van der Waals surface area contributed by atoms with Gasteiger partial charge in [-0.15, -0.1) is 11.8 Å². The Morgan fingerprint density at radius 2 is 2.00 bits per heavy atom. The Hall–Kier alpha value is -2.02. The summed E-state index contributed by atoms with van der Waals surface area (Å²) in [7, 11) is 0. The molecule has 4 amide bonds. The minimum absolute atomic E-state index is 0.113. The zero-order valence-electron chi connectivity index (χ0n) is 11.4. The maximum atomic E-state index is 11.6. The van der Waals surface area contributed by atoms with Gasteiger partial charge in [0.1, 0.15) is 6.04 Å². The van der Waals surface area contributed by atoms with E-state index in [1.807, 2.05) is 30.3 Å². The second-order valence-corrected chi connectivity index (χ2v) is 5.73. The number of urea groups is 1. The molecule has 1 fully saturated rings. The van der Waals surface area contributed by atoms with Gasteiger partial charge < -0.3 is 10.6 Å². The van der Waals surface area contributed by atoms with Gasteiger partial charge in [0.25, 0.3) is 5.91 Å². The second kappa shape index (κ2) is 7.68. The Bertz CT molecular complexity index is 521. The fraction of sp³-hybridized carbons (Fsp3) is 0.357. The Morgan fingerprint density at radius 3 is 2.67 bits per heavy atom. The van der Waals surface area contributed by atoms with E-state index in [1.54, 1.807) is 11.8 Å². The minimum Gasteiger partial charge on any atom is -0.355 e. The fourth-order valence-electron chi connectivity index (χ4n) is 1.90. The molecule has 21 heavy (non-hydrogen) atoms. The molecule has 1 aliphatic rings. The Labute approximate surface area is 127 Å². The van der Waals surface area contributed by atoms with Crippen molar-refractivity contribution in [2.45, 2.75) is 23.8 Å². The summed E-state index contributed by atoms with van der Waals surface area (Å²) in [5, 5.41) is 7.40. The molecule has 0 aromatic heterocycles. The molecule has 1 aliphatic heterocycles. The van der Waals surface area contributed by atoms with Gasteiger partial charge >= 0.3 is 6.03 Å². The van der Waals surface area contributed by atoms with Crippen molar-refractivity contribution < 1.29 is 14.4 Å². The predicted octanol–water partition coefficient (Wildman–Crippen LogP) is 0.883. The predicted molar refractivity (Wildman–Crippen MR) is 79.9 cm³/mol. The van der Waals surface area contributed by atoms with Crippen LogP contribution in [0.3, 0.4) is 0 Å². The molecule has 1 saturated heterocycles. The molecule has 1 aromatic carbocycles. The standard InChI is InChI=1S/C14H17N3O3S/c18-12(7-6-11-13(19)17-14(20)16-11)15-8-9-21-10-4-2-1-3-5-10/h1-5,11H,6-9H2,(H,15,18)(H2,16,17,19,20). The van der Waals surface area contributed by atoms with Gasteiger partial charge in [-0.1, -0.05) is 18.2 Å². The van der Waals surface area contributed by atoms with Crippen molar-refractivity contribution in [3.05, 3.63) is 30.3 Å². The van der Waals surface area contributed by atoms with Gasteiger partial charge in [-0.3, -0.25) is 14.9 Å². The third-order valence-electron chi connectivity index (χ3n) is 2.95. The molecule has 0 radical (unpaired) electrons. The van der Waals surface area contributed by atoms with Crippen molar-refractivity contribution in [2.24, 2.45) is 0 Å². The van der Waals surface area contributed by atoms with Crippen molar-refractivity contribution in [1.29, 1.82) is 0 Å². The van der Waals surface area contributed by atoms with Gasteiger partial charge in [-0.05, 0) is 18.6 Å². The van der Waals surface area contributed by atoms with E-state index in [4.69, 9.17) is 0 Å². The zero-order valence-corrected chi connectivity index (χ0v) is 12.2. The van der Waals surface area contributed by atoms with E-state index in [0.717, 1.165) is 10.6 Å². The largest absolute Gasteiger partial charge is 0.355 e. The summed E-state index contributed by atoms with van der Waals surface area (Å²) in [6.45, 7) is 0.571. The van der Waals surface area contributed by atoms with E-state index in [1.165, 1.54) is 0 Å². The lowest BCUT2D eigenvalue weighted by molar-refractivity contribution is -0.122. The summed E-state index contributed by atoms with van der Waals surface area (Å²) in [6, 6.07) is 8.86. The number of imide groups is 1. The molecule has 1 heterocycles. The molecule has 3 N–H and O–H groups in total. The lowest BCUT2D eigenvalue weighted by Crippen LogP contribution is -2.32. The van der Waals surface area contributed by atoms with Crippen LogP contribution < -0.4 is 16.0 Å². The Morgan fingerprint density at radius 1 is 1.24 bits per heavy atom. The summed E-state index contributed by atoms with van der Waals surface area (Å²) in [6.07, 6.45) is 0.531. The highest BCUT2D eigenvalue weighted by Gasteiger charge is 2.29. The molecule has 6 nitrogen and oxygen atoms in total. The number of amides is 4. The van der Waals surface area contributed by atoms with E-state index in [0.29, 0.717) is 13.0 Å². The van der Waals surface area contributed by atoms with Gasteiger partial charge in [0.05, 0.1) is 0 Å². The molecule has 1 atom stereocenters. The molecule has 0 spiro atoms. The summed E-state index contributed by atoms with van der Waals surface area (Å²) in [5.41, 5.74) is 0. The third-order valence-corrected chi connectivity index (χ3v) is 3.97. The van der Waals surface area contributed by atoms with Crippen LogP contribution in [0.25, 0.3) is 0 Å². The molecule has 7 heteroatoms. The van der Waals surface area contributed by atoms with E-state index in [-0.39, 0.29) is 18.2 Å². The van der Waals surface area contributed by atoms with Gasteiger partial charge in [-0.2, -0.15) is 0 Å². The molecule has 2 rings (SSSR count). The number of carbonyl (C=O) groups is 3. The molecule has 1 unspecified atom stereocenters. The molecule has 112 valence electrons. The van der Waals surface area contributed by atoms with Crippen LogP contribution in [0.5, 0.6) is 0 Å². The quantitative estimate of drug-likeness (QED) is 0.396. The van der Waals surface area contributed by atoms with Crippen LogP contribution in [0.2, 0.25) is 0 Å². The number of hydrogen-bond donors (Lipinski definition) is 3. The summed E-state index contributed by atoms with van der Waals surface area (Å²) in [4.78, 5) is 35.0. The van der Waals surface area contributed by atoms with Crippen LogP contribution in [0.1, 0.15) is 12.8 Å². The number of rotatable bonds is 7. The van der Waals surface area contributed by atoms with Gasteiger partial charge in [0.15, 0.2) is 0 Å². The van der Waals surface area contributed by atoms with Crippen LogP contribution in [-0.4, -0.2) is 36.2 Å². The van der Waals surface area contributed by atoms with E-state index < -0.39 is 12.1 Å². The Kier molecular flexibility index (Phi) is 5.62. The molecule has 0 bridgehead atoms. The first-order valence-corrected chi connectivity index (χ1v) is 7.69. The lowest BCUT2D eigenvalue weighted by atomic mass is 10.1. The van der Waals surface area contributed by atoms with E-state index in [2.05, 4.69) is 16.0 Å². The zero-order chi connectivity index (χ0) is 15.1. The van der Waals surface area contributed by atoms with E-state index >= 15 is 0 Å². The van der Waals surface area contributed by atoms with Gasteiger partial charge in [-0.25, -0.2) is 4.79 Å². The SMILES string of the molecule is O=C(CCC1NC(=O)NC1=O)NCCSc1ccccc1. The van der Waals surface area contributed by atoms with Crippen molar-refractivity contribution in [1.82, 2.24) is 16.0 Å².